The van der Waals surface area contributed by atoms with Crippen LogP contribution in [-0.2, 0) is 0 Å². The minimum atomic E-state index is -0.380. The fraction of sp³-hybridized carbons (Fsp3) is 0.682. The van der Waals surface area contributed by atoms with Gasteiger partial charge in [-0.1, -0.05) is 59.3 Å². The Morgan fingerprint density at radius 3 is 1.61 bits per heavy atom. The maximum atomic E-state index is 12.1. The van der Waals surface area contributed by atoms with Gasteiger partial charge in [-0.3, -0.25) is 10.2 Å². The Kier molecular flexibility index (Phi) is 12.9. The highest BCUT2D eigenvalue weighted by atomic mass is 16.5. The molecule has 28 heavy (non-hydrogen) atoms. The Labute approximate surface area is 170 Å². The van der Waals surface area contributed by atoms with Gasteiger partial charge in [0.1, 0.15) is 0 Å². The first kappa shape index (κ1) is 24.1. The summed E-state index contributed by atoms with van der Waals surface area (Å²) in [4.78, 5) is 12.1. The lowest BCUT2D eigenvalue weighted by Crippen LogP contribution is -2.30. The van der Waals surface area contributed by atoms with Crippen molar-refractivity contribution < 1.29 is 19.0 Å². The van der Waals surface area contributed by atoms with E-state index in [-0.39, 0.29) is 5.91 Å². The number of hydrazine groups is 1. The highest BCUT2D eigenvalue weighted by Gasteiger charge is 2.18. The van der Waals surface area contributed by atoms with E-state index in [1.54, 1.807) is 12.1 Å². The number of hydrogen-bond acceptors (Lipinski definition) is 5. The van der Waals surface area contributed by atoms with E-state index in [4.69, 9.17) is 20.1 Å². The molecule has 1 amide bonds. The SMILES string of the molecule is CCCCCOc1cc(C(=O)NN)cc(OCCCCC)c1OCCCCC. The Morgan fingerprint density at radius 1 is 0.786 bits per heavy atom. The second-order valence-corrected chi connectivity index (χ2v) is 6.94. The molecular formula is C22H38N2O4. The van der Waals surface area contributed by atoms with Gasteiger partial charge in [-0.2, -0.15) is 0 Å². The van der Waals surface area contributed by atoms with Crippen molar-refractivity contribution in [1.82, 2.24) is 5.43 Å². The smallest absolute Gasteiger partial charge is 0.265 e. The van der Waals surface area contributed by atoms with Gasteiger partial charge < -0.3 is 14.2 Å². The first-order valence-corrected chi connectivity index (χ1v) is 10.7. The predicted molar refractivity (Wildman–Crippen MR) is 113 cm³/mol. The molecule has 1 aromatic rings. The summed E-state index contributed by atoms with van der Waals surface area (Å²) >= 11 is 0. The lowest BCUT2D eigenvalue weighted by molar-refractivity contribution is 0.0952. The lowest BCUT2D eigenvalue weighted by atomic mass is 10.1. The van der Waals surface area contributed by atoms with Crippen LogP contribution in [-0.4, -0.2) is 25.7 Å². The van der Waals surface area contributed by atoms with Crippen LogP contribution in [0.4, 0.5) is 0 Å². The third-order valence-electron chi connectivity index (χ3n) is 4.42. The number of nitrogen functional groups attached to an aromatic ring is 1. The quantitative estimate of drug-likeness (QED) is 0.178. The summed E-state index contributed by atoms with van der Waals surface area (Å²) < 4.78 is 18.0. The van der Waals surface area contributed by atoms with Crippen molar-refractivity contribution in [2.45, 2.75) is 78.6 Å². The first-order valence-electron chi connectivity index (χ1n) is 10.7. The number of ether oxygens (including phenoxy) is 3. The molecule has 0 radical (unpaired) electrons. The Bertz CT molecular complexity index is 530. The van der Waals surface area contributed by atoms with Gasteiger partial charge in [0.2, 0.25) is 5.75 Å². The summed E-state index contributed by atoms with van der Waals surface area (Å²) in [6, 6.07) is 3.37. The zero-order valence-electron chi connectivity index (χ0n) is 17.9. The van der Waals surface area contributed by atoms with Crippen LogP contribution in [0.15, 0.2) is 12.1 Å². The van der Waals surface area contributed by atoms with Gasteiger partial charge in [0.15, 0.2) is 11.5 Å². The molecule has 0 aliphatic rings. The first-order chi connectivity index (χ1) is 13.7. The number of amides is 1. The molecule has 0 bridgehead atoms. The van der Waals surface area contributed by atoms with Crippen molar-refractivity contribution in [2.75, 3.05) is 19.8 Å². The number of unbranched alkanes of at least 4 members (excludes halogenated alkanes) is 6. The monoisotopic (exact) mass is 394 g/mol. The molecule has 3 N–H and O–H groups in total. The van der Waals surface area contributed by atoms with Gasteiger partial charge in [0, 0.05) is 5.56 Å². The average Bonchev–Trinajstić information content (AvgIpc) is 2.71. The molecule has 0 unspecified atom stereocenters. The van der Waals surface area contributed by atoms with Crippen LogP contribution < -0.4 is 25.5 Å². The number of benzene rings is 1. The molecule has 0 fully saturated rings. The van der Waals surface area contributed by atoms with Gasteiger partial charge >= 0.3 is 0 Å². The van der Waals surface area contributed by atoms with Crippen LogP contribution in [0.2, 0.25) is 0 Å². The summed E-state index contributed by atoms with van der Waals surface area (Å²) in [5.74, 6) is 6.61. The second kappa shape index (κ2) is 15.0. The molecule has 0 spiro atoms. The third kappa shape index (κ3) is 8.83. The van der Waals surface area contributed by atoms with E-state index in [9.17, 15) is 4.79 Å². The number of carbonyl (C=O) groups is 1. The van der Waals surface area contributed by atoms with Gasteiger partial charge in [0.25, 0.3) is 5.91 Å². The molecule has 1 rings (SSSR count). The minimum absolute atomic E-state index is 0.380. The number of hydrogen-bond donors (Lipinski definition) is 2. The van der Waals surface area contributed by atoms with E-state index in [2.05, 4.69) is 26.2 Å². The molecule has 6 nitrogen and oxygen atoms in total. The molecule has 0 saturated heterocycles. The van der Waals surface area contributed by atoms with Crippen molar-refractivity contribution in [1.29, 1.82) is 0 Å². The van der Waals surface area contributed by atoms with Crippen LogP contribution in [0.25, 0.3) is 0 Å². The summed E-state index contributed by atoms with van der Waals surface area (Å²) in [7, 11) is 0. The molecule has 1 aromatic carbocycles. The molecular weight excluding hydrogens is 356 g/mol. The summed E-state index contributed by atoms with van der Waals surface area (Å²) in [6.07, 6.45) is 9.51. The van der Waals surface area contributed by atoms with Crippen LogP contribution in [0, 0.1) is 0 Å². The Balaban J connectivity index is 3.05. The fourth-order valence-corrected chi connectivity index (χ4v) is 2.74. The van der Waals surface area contributed by atoms with E-state index >= 15 is 0 Å². The number of nitrogens with one attached hydrogen (secondary N) is 1. The second-order valence-electron chi connectivity index (χ2n) is 6.94. The molecule has 0 aliphatic carbocycles. The van der Waals surface area contributed by atoms with Crippen LogP contribution in [0.5, 0.6) is 17.2 Å². The normalized spacial score (nSPS) is 10.6. The zero-order chi connectivity index (χ0) is 20.6. The van der Waals surface area contributed by atoms with Gasteiger partial charge in [-0.25, -0.2) is 5.84 Å². The molecule has 0 saturated carbocycles. The predicted octanol–water partition coefficient (Wildman–Crippen LogP) is 5.00. The van der Waals surface area contributed by atoms with Crippen molar-refractivity contribution >= 4 is 5.91 Å². The average molecular weight is 395 g/mol. The molecule has 0 aromatic heterocycles. The van der Waals surface area contributed by atoms with E-state index in [1.165, 1.54) is 0 Å². The molecule has 0 heterocycles. The van der Waals surface area contributed by atoms with Crippen LogP contribution in [0.3, 0.4) is 0 Å². The zero-order valence-corrected chi connectivity index (χ0v) is 17.9. The third-order valence-corrected chi connectivity index (χ3v) is 4.42. The van der Waals surface area contributed by atoms with E-state index in [0.29, 0.717) is 42.6 Å². The largest absolute Gasteiger partial charge is 0.490 e. The van der Waals surface area contributed by atoms with Gasteiger partial charge in [-0.15, -0.1) is 0 Å². The number of rotatable bonds is 16. The summed E-state index contributed by atoms with van der Waals surface area (Å²) in [5, 5.41) is 0. The summed E-state index contributed by atoms with van der Waals surface area (Å²) in [6.45, 7) is 8.19. The van der Waals surface area contributed by atoms with Crippen molar-refractivity contribution in [3.63, 3.8) is 0 Å². The number of carbonyl (C=O) groups excluding carboxylic acids is 1. The highest BCUT2D eigenvalue weighted by molar-refractivity contribution is 5.95. The van der Waals surface area contributed by atoms with Gasteiger partial charge in [0.05, 0.1) is 19.8 Å². The van der Waals surface area contributed by atoms with E-state index in [0.717, 1.165) is 57.8 Å². The van der Waals surface area contributed by atoms with Crippen molar-refractivity contribution in [2.24, 2.45) is 5.84 Å². The van der Waals surface area contributed by atoms with Crippen LogP contribution >= 0.6 is 0 Å². The maximum absolute atomic E-state index is 12.1. The minimum Gasteiger partial charge on any atom is -0.490 e. The maximum Gasteiger partial charge on any atom is 0.265 e. The van der Waals surface area contributed by atoms with E-state index < -0.39 is 0 Å². The molecule has 160 valence electrons. The Morgan fingerprint density at radius 2 is 1.21 bits per heavy atom. The highest BCUT2D eigenvalue weighted by Crippen LogP contribution is 2.39. The molecule has 0 atom stereocenters. The van der Waals surface area contributed by atoms with E-state index in [1.807, 2.05) is 0 Å². The lowest BCUT2D eigenvalue weighted by Gasteiger charge is -2.18. The molecule has 0 aliphatic heterocycles. The standard InChI is InChI=1S/C22H38N2O4/c1-4-7-10-13-26-19-16-18(22(25)24-23)17-20(27-14-11-8-5-2)21(19)28-15-12-9-6-3/h16-17H,4-15,23H2,1-3H3,(H,24,25). The topological polar surface area (TPSA) is 82.8 Å². The number of nitrogens with two attached hydrogens (primary N) is 1. The fourth-order valence-electron chi connectivity index (χ4n) is 2.74. The molecule has 6 heteroatoms. The van der Waals surface area contributed by atoms with Crippen molar-refractivity contribution in [3.05, 3.63) is 17.7 Å². The van der Waals surface area contributed by atoms with Crippen LogP contribution in [0.1, 0.15) is 88.9 Å². The van der Waals surface area contributed by atoms with Gasteiger partial charge in [-0.05, 0) is 31.4 Å². The Hall–Kier alpha value is -1.95. The van der Waals surface area contributed by atoms with Crippen molar-refractivity contribution in [3.8, 4) is 17.2 Å². The summed E-state index contributed by atoms with van der Waals surface area (Å²) in [5.41, 5.74) is 2.58.